The zero-order chi connectivity index (χ0) is 15.2. The second kappa shape index (κ2) is 4.89. The Morgan fingerprint density at radius 3 is 2.48 bits per heavy atom. The minimum atomic E-state index is -3.51. The van der Waals surface area contributed by atoms with E-state index in [4.69, 9.17) is 0 Å². The van der Waals surface area contributed by atoms with Gasteiger partial charge in [0.2, 0.25) is 10.0 Å². The summed E-state index contributed by atoms with van der Waals surface area (Å²) in [4.78, 5) is 8.49. The summed E-state index contributed by atoms with van der Waals surface area (Å²) in [5.41, 5.74) is 4.52. The molecule has 0 saturated carbocycles. The highest BCUT2D eigenvalue weighted by Crippen LogP contribution is 2.29. The summed E-state index contributed by atoms with van der Waals surface area (Å²) in [6, 6.07) is 3.68. The van der Waals surface area contributed by atoms with Gasteiger partial charge in [0.1, 0.15) is 6.33 Å². The van der Waals surface area contributed by atoms with E-state index in [2.05, 4.69) is 9.97 Å². The summed E-state index contributed by atoms with van der Waals surface area (Å²) in [5, 5.41) is 0. The first kappa shape index (κ1) is 14.2. The molecule has 3 rings (SSSR count). The number of sulfonamides is 1. The molecule has 5 nitrogen and oxygen atoms in total. The minimum Gasteiger partial charge on any atom is -0.244 e. The highest BCUT2D eigenvalue weighted by Gasteiger charge is 2.32. The van der Waals surface area contributed by atoms with Crippen LogP contribution in [0, 0.1) is 20.8 Å². The fourth-order valence-electron chi connectivity index (χ4n) is 2.59. The van der Waals surface area contributed by atoms with Crippen molar-refractivity contribution in [3.8, 4) is 0 Å². The summed E-state index contributed by atoms with van der Waals surface area (Å²) < 4.78 is 27.2. The van der Waals surface area contributed by atoms with Gasteiger partial charge < -0.3 is 0 Å². The number of fused-ring (bicyclic) bond motifs is 1. The Kier molecular flexibility index (Phi) is 3.30. The van der Waals surface area contributed by atoms with Gasteiger partial charge in [-0.05, 0) is 43.5 Å². The third kappa shape index (κ3) is 2.34. The molecular formula is C15H17N3O2S. The van der Waals surface area contributed by atoms with Crippen LogP contribution >= 0.6 is 0 Å². The van der Waals surface area contributed by atoms with Gasteiger partial charge in [-0.1, -0.05) is 6.07 Å². The van der Waals surface area contributed by atoms with E-state index in [1.807, 2.05) is 26.8 Å². The average molecular weight is 303 g/mol. The number of hydrogen-bond donors (Lipinski definition) is 0. The van der Waals surface area contributed by atoms with Crippen LogP contribution in [0.3, 0.4) is 0 Å². The van der Waals surface area contributed by atoms with Crippen molar-refractivity contribution in [2.45, 2.75) is 38.8 Å². The van der Waals surface area contributed by atoms with E-state index in [1.54, 1.807) is 12.3 Å². The van der Waals surface area contributed by atoms with Crippen LogP contribution < -0.4 is 0 Å². The molecule has 0 aliphatic carbocycles. The quantitative estimate of drug-likeness (QED) is 0.852. The van der Waals surface area contributed by atoms with Gasteiger partial charge in [0.15, 0.2) is 0 Å². The largest absolute Gasteiger partial charge is 0.244 e. The Labute approximate surface area is 124 Å². The van der Waals surface area contributed by atoms with Crippen molar-refractivity contribution in [1.82, 2.24) is 14.3 Å². The number of benzene rings is 1. The Balaban J connectivity index is 2.02. The summed E-state index contributed by atoms with van der Waals surface area (Å²) in [7, 11) is -3.51. The molecule has 0 radical (unpaired) electrons. The molecule has 0 N–H and O–H groups in total. The van der Waals surface area contributed by atoms with E-state index >= 15 is 0 Å². The first-order valence-corrected chi connectivity index (χ1v) is 8.19. The molecule has 1 aromatic heterocycles. The first-order chi connectivity index (χ1) is 9.89. The van der Waals surface area contributed by atoms with E-state index in [0.29, 0.717) is 18.0 Å². The Hall–Kier alpha value is -1.79. The molecule has 0 atom stereocenters. The predicted molar refractivity (Wildman–Crippen MR) is 79.1 cm³/mol. The summed E-state index contributed by atoms with van der Waals surface area (Å²) in [5.74, 6) is 0. The monoisotopic (exact) mass is 303 g/mol. The van der Waals surface area contributed by atoms with E-state index in [0.717, 1.165) is 27.9 Å². The van der Waals surface area contributed by atoms with Crippen molar-refractivity contribution < 1.29 is 8.42 Å². The fraction of sp³-hybridized carbons (Fsp3) is 0.333. The molecule has 2 heterocycles. The number of nitrogens with zero attached hydrogens (tertiary/aromatic N) is 3. The third-order valence-corrected chi connectivity index (χ3v) is 5.90. The molecule has 0 fully saturated rings. The van der Waals surface area contributed by atoms with Crippen molar-refractivity contribution in [3.63, 3.8) is 0 Å². The van der Waals surface area contributed by atoms with Crippen molar-refractivity contribution >= 4 is 10.0 Å². The zero-order valence-electron chi connectivity index (χ0n) is 12.3. The van der Waals surface area contributed by atoms with Crippen LogP contribution in [0.25, 0.3) is 0 Å². The molecule has 0 saturated heterocycles. The van der Waals surface area contributed by atoms with Gasteiger partial charge in [-0.3, -0.25) is 0 Å². The fourth-order valence-corrected chi connectivity index (χ4v) is 4.26. The Morgan fingerprint density at radius 1 is 1.05 bits per heavy atom. The van der Waals surface area contributed by atoms with Crippen molar-refractivity contribution in [2.75, 3.05) is 0 Å². The lowest BCUT2D eigenvalue weighted by atomic mass is 10.1. The van der Waals surface area contributed by atoms with Gasteiger partial charge >= 0.3 is 0 Å². The van der Waals surface area contributed by atoms with Gasteiger partial charge in [-0.25, -0.2) is 18.4 Å². The lowest BCUT2D eigenvalue weighted by molar-refractivity contribution is 0.429. The Morgan fingerprint density at radius 2 is 1.76 bits per heavy atom. The SMILES string of the molecule is Cc1cc(C)c(S(=O)(=O)N2Cc3cncnc3C2)cc1C. The standard InChI is InChI=1S/C15H17N3O2S/c1-10-4-12(3)15(5-11(10)2)21(19,20)18-7-13-6-16-9-17-14(13)8-18/h4-6,9H,7-8H2,1-3H3. The molecular weight excluding hydrogens is 286 g/mol. The van der Waals surface area contributed by atoms with Crippen LogP contribution in [0.5, 0.6) is 0 Å². The highest BCUT2D eigenvalue weighted by atomic mass is 32.2. The maximum Gasteiger partial charge on any atom is 0.244 e. The van der Waals surface area contributed by atoms with Crippen LogP contribution in [-0.2, 0) is 23.1 Å². The summed E-state index contributed by atoms with van der Waals surface area (Å²) in [6.07, 6.45) is 3.14. The number of aromatic nitrogens is 2. The Bertz CT molecular complexity index is 791. The normalized spacial score (nSPS) is 15.2. The number of rotatable bonds is 2. The molecule has 1 aromatic carbocycles. The van der Waals surface area contributed by atoms with Crippen molar-refractivity contribution in [2.24, 2.45) is 0 Å². The molecule has 0 amide bonds. The second-order valence-electron chi connectivity index (χ2n) is 5.47. The van der Waals surface area contributed by atoms with Gasteiger partial charge in [0.25, 0.3) is 0 Å². The minimum absolute atomic E-state index is 0.312. The van der Waals surface area contributed by atoms with Gasteiger partial charge in [-0.15, -0.1) is 0 Å². The number of aryl methyl sites for hydroxylation is 3. The van der Waals surface area contributed by atoms with Crippen LogP contribution in [-0.4, -0.2) is 22.7 Å². The maximum atomic E-state index is 12.9. The summed E-state index contributed by atoms with van der Waals surface area (Å²) >= 11 is 0. The smallest absolute Gasteiger partial charge is 0.244 e. The van der Waals surface area contributed by atoms with E-state index in [1.165, 1.54) is 10.6 Å². The zero-order valence-corrected chi connectivity index (χ0v) is 13.1. The molecule has 1 aliphatic heterocycles. The van der Waals surface area contributed by atoms with Gasteiger partial charge in [0.05, 0.1) is 17.1 Å². The highest BCUT2D eigenvalue weighted by molar-refractivity contribution is 7.89. The van der Waals surface area contributed by atoms with Crippen molar-refractivity contribution in [3.05, 3.63) is 52.6 Å². The number of hydrogen-bond acceptors (Lipinski definition) is 4. The first-order valence-electron chi connectivity index (χ1n) is 6.75. The van der Waals surface area contributed by atoms with Crippen LogP contribution in [0.4, 0.5) is 0 Å². The molecule has 110 valence electrons. The molecule has 6 heteroatoms. The molecule has 1 aliphatic rings. The topological polar surface area (TPSA) is 63.2 Å². The lowest BCUT2D eigenvalue weighted by Gasteiger charge is -2.18. The summed E-state index contributed by atoms with van der Waals surface area (Å²) in [6.45, 7) is 6.40. The average Bonchev–Trinajstić information content (AvgIpc) is 2.87. The molecule has 0 bridgehead atoms. The molecule has 2 aromatic rings. The lowest BCUT2D eigenvalue weighted by Crippen LogP contribution is -2.26. The van der Waals surface area contributed by atoms with Crippen LogP contribution in [0.1, 0.15) is 27.9 Å². The van der Waals surface area contributed by atoms with Crippen molar-refractivity contribution in [1.29, 1.82) is 0 Å². The van der Waals surface area contributed by atoms with Gasteiger partial charge in [0, 0.05) is 18.3 Å². The molecule has 0 unspecified atom stereocenters. The third-order valence-electron chi connectivity index (χ3n) is 3.96. The maximum absolute atomic E-state index is 12.9. The molecule has 21 heavy (non-hydrogen) atoms. The van der Waals surface area contributed by atoms with Crippen LogP contribution in [0.15, 0.2) is 29.6 Å². The van der Waals surface area contributed by atoms with Gasteiger partial charge in [-0.2, -0.15) is 4.31 Å². The predicted octanol–water partition coefficient (Wildman–Crippen LogP) is 2.11. The van der Waals surface area contributed by atoms with E-state index in [9.17, 15) is 8.42 Å². The second-order valence-corrected chi connectivity index (χ2v) is 7.38. The van der Waals surface area contributed by atoms with Crippen LogP contribution in [0.2, 0.25) is 0 Å². The molecule has 0 spiro atoms. The van der Waals surface area contributed by atoms with E-state index in [-0.39, 0.29) is 0 Å². The van der Waals surface area contributed by atoms with E-state index < -0.39 is 10.0 Å².